The maximum Gasteiger partial charge on any atom is 0.0693 e. The summed E-state index contributed by atoms with van der Waals surface area (Å²) in [5.74, 6) is 2.52. The molecule has 48 valence electrons. The third kappa shape index (κ3) is 3.24. The van der Waals surface area contributed by atoms with Crippen molar-refractivity contribution in [2.75, 3.05) is 0 Å². The lowest BCUT2D eigenvalue weighted by Crippen LogP contribution is -2.11. The minimum atomic E-state index is -0.393. The number of hydrogen-bond donors (Lipinski definition) is 0. The Hall–Kier alpha value is 1.16. The van der Waals surface area contributed by atoms with Crippen LogP contribution in [0.15, 0.2) is 0 Å². The van der Waals surface area contributed by atoms with Crippen LogP contribution in [-0.2, 0) is 0 Å². The van der Waals surface area contributed by atoms with Crippen molar-refractivity contribution in [1.82, 2.24) is 0 Å². The normalized spacial score (nSPS) is 18.0. The zero-order valence-electron chi connectivity index (χ0n) is 3.82. The van der Waals surface area contributed by atoms with E-state index in [0.29, 0.717) is 0 Å². The molecule has 0 bridgehead atoms. The molecule has 4 heteroatoms. The fourth-order valence-corrected chi connectivity index (χ4v) is 0.747. The highest BCUT2D eigenvalue weighted by atomic mass is 35.5. The van der Waals surface area contributed by atoms with E-state index in [2.05, 4.69) is 0 Å². The van der Waals surface area contributed by atoms with E-state index < -0.39 is 10.8 Å². The monoisotopic (exact) mass is 192 g/mol. The molecule has 2 atom stereocenters. The summed E-state index contributed by atoms with van der Waals surface area (Å²) in [5, 5.41) is -0.785. The minimum Gasteiger partial charge on any atom is -0.120 e. The van der Waals surface area contributed by atoms with Crippen molar-refractivity contribution >= 4 is 46.4 Å². The molecule has 0 spiro atoms. The largest absolute Gasteiger partial charge is 0.120 e. The predicted molar refractivity (Wildman–Crippen MR) is 39.6 cm³/mol. The zero-order chi connectivity index (χ0) is 6.57. The third-order valence-electron chi connectivity index (χ3n) is 0.545. The van der Waals surface area contributed by atoms with Crippen LogP contribution in [0.4, 0.5) is 0 Å². The highest BCUT2D eigenvalue weighted by Gasteiger charge is 2.14. The molecule has 0 nitrogen and oxygen atoms in total. The molecule has 0 saturated heterocycles. The Labute approximate surface area is 69.0 Å². The highest BCUT2D eigenvalue weighted by molar-refractivity contribution is 6.39. The standard InChI is InChI=1S/C4H4Cl4/c5-1-3(7)4(8)2-6/h1-4H. The lowest BCUT2D eigenvalue weighted by molar-refractivity contribution is 1.03. The summed E-state index contributed by atoms with van der Waals surface area (Å²) in [6.07, 6.45) is 0. The van der Waals surface area contributed by atoms with Crippen LogP contribution in [0.1, 0.15) is 0 Å². The van der Waals surface area contributed by atoms with Crippen LogP contribution in [0.25, 0.3) is 0 Å². The Bertz CT molecular complexity index is 48.0. The van der Waals surface area contributed by atoms with Gasteiger partial charge in [-0.25, -0.2) is 0 Å². The summed E-state index contributed by atoms with van der Waals surface area (Å²) < 4.78 is 0. The van der Waals surface area contributed by atoms with Crippen LogP contribution >= 0.6 is 46.4 Å². The van der Waals surface area contributed by atoms with Crippen LogP contribution in [0.3, 0.4) is 0 Å². The van der Waals surface area contributed by atoms with E-state index in [1.807, 2.05) is 0 Å². The Kier molecular flexibility index (Phi) is 5.71. The lowest BCUT2D eigenvalue weighted by Gasteiger charge is -2.06. The summed E-state index contributed by atoms with van der Waals surface area (Å²) in [6.45, 7) is 0. The molecule has 0 rings (SSSR count). The molecule has 2 radical (unpaired) electrons. The van der Waals surface area contributed by atoms with Gasteiger partial charge in [-0.3, -0.25) is 0 Å². The quantitative estimate of drug-likeness (QED) is 0.605. The van der Waals surface area contributed by atoms with E-state index >= 15 is 0 Å². The second-order valence-electron chi connectivity index (χ2n) is 1.14. The Morgan fingerprint density at radius 3 is 1.25 bits per heavy atom. The van der Waals surface area contributed by atoms with E-state index in [0.717, 1.165) is 0 Å². The second-order valence-corrected chi connectivity index (χ2v) is 2.65. The Morgan fingerprint density at radius 2 is 1.12 bits per heavy atom. The third-order valence-corrected chi connectivity index (χ3v) is 2.27. The van der Waals surface area contributed by atoms with Crippen LogP contribution in [-0.4, -0.2) is 10.8 Å². The SMILES string of the molecule is Cl[CH]C(Cl)C(Cl)[CH]Cl. The molecule has 8 heavy (non-hydrogen) atoms. The second kappa shape index (κ2) is 4.99. The maximum atomic E-state index is 5.48. The van der Waals surface area contributed by atoms with E-state index in [1.54, 1.807) is 0 Å². The molecule has 0 saturated carbocycles. The number of alkyl halides is 2. The fourth-order valence-electron chi connectivity index (χ4n) is 0.139. The van der Waals surface area contributed by atoms with Crippen LogP contribution < -0.4 is 0 Å². The molecule has 0 heterocycles. The first kappa shape index (κ1) is 9.16. The van der Waals surface area contributed by atoms with Crippen LogP contribution in [0.5, 0.6) is 0 Å². The average Bonchev–Trinajstić information content (AvgIpc) is 1.84. The summed E-state index contributed by atoms with van der Waals surface area (Å²) in [7, 11) is 0. The van der Waals surface area contributed by atoms with Crippen molar-refractivity contribution in [3.63, 3.8) is 0 Å². The van der Waals surface area contributed by atoms with E-state index in [9.17, 15) is 0 Å². The van der Waals surface area contributed by atoms with Gasteiger partial charge in [0, 0.05) is 0 Å². The van der Waals surface area contributed by atoms with Crippen LogP contribution in [0, 0.1) is 11.8 Å². The molecular formula is C4H4Cl4. The van der Waals surface area contributed by atoms with Crippen molar-refractivity contribution in [1.29, 1.82) is 0 Å². The van der Waals surface area contributed by atoms with Gasteiger partial charge >= 0.3 is 0 Å². The van der Waals surface area contributed by atoms with Gasteiger partial charge in [-0.2, -0.15) is 0 Å². The predicted octanol–water partition coefficient (Wildman–Crippen LogP) is 3.00. The molecule has 0 aliphatic rings. The molecule has 0 amide bonds. The first-order valence-corrected chi connectivity index (χ1v) is 3.62. The molecule has 0 aromatic rings. The first-order chi connectivity index (χ1) is 3.72. The lowest BCUT2D eigenvalue weighted by atomic mass is 10.4. The van der Waals surface area contributed by atoms with Crippen molar-refractivity contribution in [3.05, 3.63) is 11.8 Å². The van der Waals surface area contributed by atoms with E-state index in [4.69, 9.17) is 46.4 Å². The highest BCUT2D eigenvalue weighted by Crippen LogP contribution is 2.18. The van der Waals surface area contributed by atoms with Gasteiger partial charge < -0.3 is 0 Å². The van der Waals surface area contributed by atoms with E-state index in [-0.39, 0.29) is 0 Å². The molecule has 0 aromatic heterocycles. The van der Waals surface area contributed by atoms with Crippen molar-refractivity contribution in [2.45, 2.75) is 10.8 Å². The molecule has 2 unspecified atom stereocenters. The van der Waals surface area contributed by atoms with Gasteiger partial charge in [-0.05, 0) is 0 Å². The van der Waals surface area contributed by atoms with Crippen molar-refractivity contribution in [2.24, 2.45) is 0 Å². The number of hydrogen-bond acceptors (Lipinski definition) is 0. The van der Waals surface area contributed by atoms with Gasteiger partial charge in [-0.15, -0.1) is 46.4 Å². The molecule has 0 aliphatic heterocycles. The van der Waals surface area contributed by atoms with Gasteiger partial charge in [-0.1, -0.05) is 0 Å². The van der Waals surface area contributed by atoms with Gasteiger partial charge in [0.25, 0.3) is 0 Å². The number of halogens is 4. The van der Waals surface area contributed by atoms with Gasteiger partial charge in [0.15, 0.2) is 0 Å². The molecule has 0 N–H and O–H groups in total. The van der Waals surface area contributed by atoms with E-state index in [1.165, 1.54) is 11.8 Å². The van der Waals surface area contributed by atoms with Crippen LogP contribution in [0.2, 0.25) is 0 Å². The minimum absolute atomic E-state index is 0.393. The van der Waals surface area contributed by atoms with Crippen molar-refractivity contribution < 1.29 is 0 Å². The smallest absolute Gasteiger partial charge is 0.0693 e. The number of rotatable bonds is 3. The molecule has 0 aromatic carbocycles. The fraction of sp³-hybridized carbons (Fsp3) is 0.500. The summed E-state index contributed by atoms with van der Waals surface area (Å²) in [6, 6.07) is 0. The maximum absolute atomic E-state index is 5.48. The molecule has 0 fully saturated rings. The van der Waals surface area contributed by atoms with Gasteiger partial charge in [0.2, 0.25) is 0 Å². The average molecular weight is 194 g/mol. The first-order valence-electron chi connectivity index (χ1n) is 1.87. The Morgan fingerprint density at radius 1 is 0.875 bits per heavy atom. The van der Waals surface area contributed by atoms with Crippen molar-refractivity contribution in [3.8, 4) is 0 Å². The summed E-state index contributed by atoms with van der Waals surface area (Å²) >= 11 is 21.4. The zero-order valence-corrected chi connectivity index (χ0v) is 6.84. The summed E-state index contributed by atoms with van der Waals surface area (Å²) in [4.78, 5) is 0. The molecule has 0 aliphatic carbocycles. The Balaban J connectivity index is 3.29. The topological polar surface area (TPSA) is 0 Å². The van der Waals surface area contributed by atoms with Gasteiger partial charge in [0.05, 0.1) is 22.5 Å². The molecular weight excluding hydrogens is 190 g/mol. The summed E-state index contributed by atoms with van der Waals surface area (Å²) in [5.41, 5.74) is 0. The van der Waals surface area contributed by atoms with Gasteiger partial charge in [0.1, 0.15) is 0 Å².